The molecule has 0 radical (unpaired) electrons. The summed E-state index contributed by atoms with van der Waals surface area (Å²) in [6.07, 6.45) is 3.90. The molecule has 0 aliphatic carbocycles. The molecule has 1 amide bonds. The lowest BCUT2D eigenvalue weighted by molar-refractivity contribution is 0.00578. The molecule has 2 atom stereocenters. The van der Waals surface area contributed by atoms with Gasteiger partial charge in [-0.15, -0.1) is 0 Å². The molecule has 2 heterocycles. The van der Waals surface area contributed by atoms with E-state index < -0.39 is 5.60 Å². The fourth-order valence-corrected chi connectivity index (χ4v) is 3.60. The van der Waals surface area contributed by atoms with Gasteiger partial charge in [-0.1, -0.05) is 6.42 Å². The van der Waals surface area contributed by atoms with Gasteiger partial charge in [0.1, 0.15) is 5.60 Å². The Kier molecular flexibility index (Phi) is 5.85. The first-order chi connectivity index (χ1) is 11.3. The average Bonchev–Trinajstić information content (AvgIpc) is 2.86. The topological polar surface area (TPSA) is 48.0 Å². The van der Waals surface area contributed by atoms with Gasteiger partial charge in [0.2, 0.25) is 0 Å². The molecule has 2 fully saturated rings. The van der Waals surface area contributed by atoms with E-state index in [0.717, 1.165) is 32.1 Å². The smallest absolute Gasteiger partial charge is 0.444 e. The van der Waals surface area contributed by atoms with E-state index in [1.807, 2.05) is 25.7 Å². The number of carbonyl (C=O) groups excluding carboxylic acids is 1. The zero-order valence-electron chi connectivity index (χ0n) is 17.3. The van der Waals surface area contributed by atoms with Crippen LogP contribution in [0.5, 0.6) is 0 Å². The molecule has 144 valence electrons. The van der Waals surface area contributed by atoms with E-state index in [1.54, 1.807) is 0 Å². The third-order valence-electron chi connectivity index (χ3n) is 5.86. The Morgan fingerprint density at radius 2 is 1.76 bits per heavy atom. The molecule has 5 nitrogen and oxygen atoms in total. The Morgan fingerprint density at radius 3 is 2.28 bits per heavy atom. The van der Waals surface area contributed by atoms with Gasteiger partial charge in [0.15, 0.2) is 0 Å². The second-order valence-electron chi connectivity index (χ2n) is 9.58. The van der Waals surface area contributed by atoms with Crippen LogP contribution in [0.4, 0.5) is 4.79 Å². The highest BCUT2D eigenvalue weighted by Crippen LogP contribution is 2.38. The van der Waals surface area contributed by atoms with Crippen molar-refractivity contribution in [1.29, 1.82) is 0 Å². The predicted molar refractivity (Wildman–Crippen MR) is 101 cm³/mol. The molecule has 2 saturated heterocycles. The monoisotopic (exact) mass is 353 g/mol. The van der Waals surface area contributed by atoms with E-state index in [9.17, 15) is 4.79 Å². The van der Waals surface area contributed by atoms with Gasteiger partial charge in [0.05, 0.1) is 11.2 Å². The van der Waals surface area contributed by atoms with Crippen molar-refractivity contribution in [3.63, 3.8) is 0 Å². The van der Waals surface area contributed by atoms with Gasteiger partial charge < -0.3 is 18.9 Å². The molecular formula is C19H36BNO4. The van der Waals surface area contributed by atoms with Crippen LogP contribution in [0.3, 0.4) is 0 Å². The van der Waals surface area contributed by atoms with Crippen LogP contribution in [0.25, 0.3) is 0 Å². The number of carbonyl (C=O) groups is 1. The first-order valence-electron chi connectivity index (χ1n) is 9.68. The summed E-state index contributed by atoms with van der Waals surface area (Å²) in [7, 11) is -0.122. The van der Waals surface area contributed by atoms with E-state index in [-0.39, 0.29) is 30.5 Å². The van der Waals surface area contributed by atoms with Gasteiger partial charge in [0, 0.05) is 12.6 Å². The molecule has 0 aromatic heterocycles. The Labute approximate surface area is 153 Å². The Balaban J connectivity index is 1.77. The maximum atomic E-state index is 12.3. The molecule has 0 aromatic carbocycles. The van der Waals surface area contributed by atoms with Gasteiger partial charge in [-0.05, 0) is 80.5 Å². The third kappa shape index (κ3) is 4.91. The molecule has 2 aliphatic heterocycles. The van der Waals surface area contributed by atoms with Gasteiger partial charge >= 0.3 is 13.2 Å². The van der Waals surface area contributed by atoms with Crippen LogP contribution in [0, 0.1) is 5.92 Å². The highest BCUT2D eigenvalue weighted by Gasteiger charge is 2.50. The number of nitrogens with zero attached hydrogens (tertiary/aromatic N) is 1. The molecule has 2 aliphatic rings. The van der Waals surface area contributed by atoms with Gasteiger partial charge in [-0.3, -0.25) is 0 Å². The van der Waals surface area contributed by atoms with Crippen LogP contribution in [-0.2, 0) is 14.0 Å². The summed E-state index contributed by atoms with van der Waals surface area (Å²) < 4.78 is 17.6. The maximum absolute atomic E-state index is 12.3. The first kappa shape index (κ1) is 20.6. The van der Waals surface area contributed by atoms with Crippen molar-refractivity contribution >= 4 is 13.2 Å². The Bertz CT molecular complexity index is 470. The van der Waals surface area contributed by atoms with E-state index in [2.05, 4.69) is 34.6 Å². The molecule has 0 aromatic rings. The summed E-state index contributed by atoms with van der Waals surface area (Å²) >= 11 is 0. The van der Waals surface area contributed by atoms with Crippen LogP contribution in [0.15, 0.2) is 0 Å². The molecule has 0 spiro atoms. The fraction of sp³-hybridized carbons (Fsp3) is 0.947. The second kappa shape index (κ2) is 7.11. The van der Waals surface area contributed by atoms with Gasteiger partial charge in [-0.25, -0.2) is 4.79 Å². The maximum Gasteiger partial charge on any atom is 0.457 e. The van der Waals surface area contributed by atoms with Crippen molar-refractivity contribution in [3.05, 3.63) is 0 Å². The SMILES string of the molecule is CC1C(CCCB2OC(C)(C)C(C)(C)O2)CCN1C(=O)OC(C)(C)C. The van der Waals surface area contributed by atoms with E-state index in [1.165, 1.54) is 0 Å². The van der Waals surface area contributed by atoms with Crippen LogP contribution in [0.1, 0.15) is 74.7 Å². The van der Waals surface area contributed by atoms with Crippen molar-refractivity contribution in [3.8, 4) is 0 Å². The lowest BCUT2D eigenvalue weighted by Crippen LogP contribution is -2.41. The second-order valence-corrected chi connectivity index (χ2v) is 9.58. The summed E-state index contributed by atoms with van der Waals surface area (Å²) in [5.74, 6) is 0.523. The van der Waals surface area contributed by atoms with Crippen molar-refractivity contribution < 1.29 is 18.8 Å². The zero-order chi connectivity index (χ0) is 19.0. The Hall–Kier alpha value is -0.745. The van der Waals surface area contributed by atoms with Gasteiger partial charge in [0.25, 0.3) is 0 Å². The molecule has 6 heteroatoms. The molecule has 2 rings (SSSR count). The largest absolute Gasteiger partial charge is 0.457 e. The predicted octanol–water partition coefficient (Wildman–Crippen LogP) is 4.50. The van der Waals surface area contributed by atoms with E-state index in [0.29, 0.717) is 5.92 Å². The summed E-state index contributed by atoms with van der Waals surface area (Å²) in [5.41, 5.74) is -0.955. The van der Waals surface area contributed by atoms with Crippen molar-refractivity contribution in [2.45, 2.75) is 104 Å². The van der Waals surface area contributed by atoms with Crippen molar-refractivity contribution in [2.75, 3.05) is 6.54 Å². The summed E-state index contributed by atoms with van der Waals surface area (Å²) in [6.45, 7) is 17.0. The minimum absolute atomic E-state index is 0.122. The number of ether oxygens (including phenoxy) is 1. The standard InChI is InChI=1S/C19H36BNO4/c1-14-15(11-13-21(14)16(22)23-17(2,3)4)10-9-12-20-24-18(5,6)19(7,8)25-20/h14-15H,9-13H2,1-8H3. The van der Waals surface area contributed by atoms with Crippen LogP contribution in [0.2, 0.25) is 6.32 Å². The summed E-state index contributed by atoms with van der Waals surface area (Å²) in [6, 6.07) is 0.230. The normalized spacial score (nSPS) is 28.5. The minimum Gasteiger partial charge on any atom is -0.444 e. The lowest BCUT2D eigenvalue weighted by Gasteiger charge is -2.32. The highest BCUT2D eigenvalue weighted by molar-refractivity contribution is 6.45. The van der Waals surface area contributed by atoms with E-state index in [4.69, 9.17) is 14.0 Å². The Morgan fingerprint density at radius 1 is 1.20 bits per heavy atom. The number of likely N-dealkylation sites (tertiary alicyclic amines) is 1. The highest BCUT2D eigenvalue weighted by atomic mass is 16.7. The fourth-order valence-electron chi connectivity index (χ4n) is 3.60. The molecule has 0 saturated carbocycles. The summed E-state index contributed by atoms with van der Waals surface area (Å²) in [4.78, 5) is 14.2. The minimum atomic E-state index is -0.439. The number of rotatable bonds is 4. The van der Waals surface area contributed by atoms with Crippen molar-refractivity contribution in [2.24, 2.45) is 5.92 Å². The number of amides is 1. The number of hydrogen-bond acceptors (Lipinski definition) is 4. The first-order valence-corrected chi connectivity index (χ1v) is 9.68. The van der Waals surface area contributed by atoms with Crippen LogP contribution < -0.4 is 0 Å². The lowest BCUT2D eigenvalue weighted by atomic mass is 9.80. The van der Waals surface area contributed by atoms with E-state index >= 15 is 0 Å². The molecular weight excluding hydrogens is 317 g/mol. The molecule has 0 bridgehead atoms. The van der Waals surface area contributed by atoms with Gasteiger partial charge in [-0.2, -0.15) is 0 Å². The van der Waals surface area contributed by atoms with Crippen molar-refractivity contribution in [1.82, 2.24) is 4.90 Å². The van der Waals surface area contributed by atoms with Crippen LogP contribution >= 0.6 is 0 Å². The number of hydrogen-bond donors (Lipinski definition) is 0. The van der Waals surface area contributed by atoms with Crippen LogP contribution in [-0.4, -0.2) is 47.5 Å². The summed E-state index contributed by atoms with van der Waals surface area (Å²) in [5, 5.41) is 0. The quantitative estimate of drug-likeness (QED) is 0.698. The molecule has 0 N–H and O–H groups in total. The average molecular weight is 353 g/mol. The third-order valence-corrected chi connectivity index (χ3v) is 5.86. The molecule has 25 heavy (non-hydrogen) atoms. The molecule has 2 unspecified atom stereocenters. The zero-order valence-corrected chi connectivity index (χ0v) is 17.3.